The van der Waals surface area contributed by atoms with Crippen LogP contribution >= 0.6 is 0 Å². The van der Waals surface area contributed by atoms with E-state index < -0.39 is 0 Å². The lowest BCUT2D eigenvalue weighted by atomic mass is 10.2. The molecule has 74 valence electrons. The molecule has 0 aliphatic carbocycles. The first kappa shape index (κ1) is 9.21. The van der Waals surface area contributed by atoms with Crippen LogP contribution in [0.25, 0.3) is 0 Å². The molecule has 1 aliphatic rings. The zero-order chi connectivity index (χ0) is 9.80. The summed E-state index contributed by atoms with van der Waals surface area (Å²) >= 11 is 0. The van der Waals surface area contributed by atoms with Crippen molar-refractivity contribution in [2.24, 2.45) is 0 Å². The van der Waals surface area contributed by atoms with Gasteiger partial charge in [0.05, 0.1) is 12.6 Å². The minimum Gasteiger partial charge on any atom is -0.379 e. The van der Waals surface area contributed by atoms with Crippen LogP contribution in [0.2, 0.25) is 0 Å². The van der Waals surface area contributed by atoms with Crippen molar-refractivity contribution in [3.63, 3.8) is 0 Å². The third-order valence-electron chi connectivity index (χ3n) is 2.30. The van der Waals surface area contributed by atoms with Crippen LogP contribution in [-0.4, -0.2) is 25.2 Å². The zero-order valence-corrected chi connectivity index (χ0v) is 7.90. The molecule has 1 heterocycles. The normalized spacial score (nSPS) is 20.7. The molecule has 3 heteroatoms. The van der Waals surface area contributed by atoms with Crippen molar-refractivity contribution in [1.82, 2.24) is 5.32 Å². The summed E-state index contributed by atoms with van der Waals surface area (Å²) in [6.45, 7) is 1.39. The highest BCUT2D eigenvalue weighted by atomic mass is 16.5. The first-order valence-corrected chi connectivity index (χ1v) is 4.80. The zero-order valence-electron chi connectivity index (χ0n) is 7.90. The van der Waals surface area contributed by atoms with Crippen LogP contribution in [-0.2, 0) is 4.74 Å². The number of hydrogen-bond acceptors (Lipinski definition) is 2. The molecular weight excluding hydrogens is 178 g/mol. The van der Waals surface area contributed by atoms with E-state index in [1.165, 1.54) is 0 Å². The fourth-order valence-electron chi connectivity index (χ4n) is 1.51. The Labute approximate surface area is 83.1 Å². The van der Waals surface area contributed by atoms with E-state index in [2.05, 4.69) is 5.32 Å². The topological polar surface area (TPSA) is 38.3 Å². The standard InChI is InChI=1S/C11H13NO2/c13-11(9-4-2-1-3-5-9)12-10-6-7-14-8-10/h1-5,10H,6-8H2,(H,12,13)/t10-/m0/s1. The Morgan fingerprint density at radius 1 is 1.36 bits per heavy atom. The van der Waals surface area contributed by atoms with Gasteiger partial charge in [-0.2, -0.15) is 0 Å². The van der Waals surface area contributed by atoms with Gasteiger partial charge in [0.2, 0.25) is 0 Å². The van der Waals surface area contributed by atoms with Crippen molar-refractivity contribution in [2.75, 3.05) is 13.2 Å². The number of benzene rings is 1. The number of carbonyl (C=O) groups excluding carboxylic acids is 1. The Bertz CT molecular complexity index is 304. The molecule has 1 fully saturated rings. The van der Waals surface area contributed by atoms with Gasteiger partial charge in [0.15, 0.2) is 0 Å². The van der Waals surface area contributed by atoms with Crippen LogP contribution in [0.1, 0.15) is 16.8 Å². The van der Waals surface area contributed by atoms with Crippen LogP contribution in [0.15, 0.2) is 30.3 Å². The van der Waals surface area contributed by atoms with Gasteiger partial charge in [-0.25, -0.2) is 0 Å². The van der Waals surface area contributed by atoms with Crippen molar-refractivity contribution >= 4 is 5.91 Å². The maximum atomic E-state index is 11.6. The summed E-state index contributed by atoms with van der Waals surface area (Å²) in [6, 6.07) is 9.42. The first-order valence-electron chi connectivity index (χ1n) is 4.80. The Morgan fingerprint density at radius 3 is 2.79 bits per heavy atom. The highest BCUT2D eigenvalue weighted by Gasteiger charge is 2.17. The lowest BCUT2D eigenvalue weighted by Crippen LogP contribution is -2.34. The van der Waals surface area contributed by atoms with Gasteiger partial charge in [0.1, 0.15) is 0 Å². The summed E-state index contributed by atoms with van der Waals surface area (Å²) in [5.74, 6) is -0.0129. The van der Waals surface area contributed by atoms with Crippen LogP contribution in [0, 0.1) is 0 Å². The van der Waals surface area contributed by atoms with Gasteiger partial charge in [-0.05, 0) is 18.6 Å². The van der Waals surface area contributed by atoms with E-state index in [-0.39, 0.29) is 11.9 Å². The Kier molecular flexibility index (Phi) is 2.79. The molecule has 0 unspecified atom stereocenters. The number of nitrogens with one attached hydrogen (secondary N) is 1. The van der Waals surface area contributed by atoms with Crippen molar-refractivity contribution in [2.45, 2.75) is 12.5 Å². The molecular formula is C11H13NO2. The van der Waals surface area contributed by atoms with Gasteiger partial charge in [-0.1, -0.05) is 18.2 Å². The molecule has 1 aromatic carbocycles. The summed E-state index contributed by atoms with van der Waals surface area (Å²) in [5.41, 5.74) is 0.708. The van der Waals surface area contributed by atoms with E-state index in [4.69, 9.17) is 4.74 Å². The molecule has 3 nitrogen and oxygen atoms in total. The lowest BCUT2D eigenvalue weighted by Gasteiger charge is -2.09. The third kappa shape index (κ3) is 2.12. The first-order chi connectivity index (χ1) is 6.86. The molecule has 0 bridgehead atoms. The smallest absolute Gasteiger partial charge is 0.251 e. The van der Waals surface area contributed by atoms with Crippen molar-refractivity contribution in [3.8, 4) is 0 Å². The quantitative estimate of drug-likeness (QED) is 0.763. The molecule has 1 saturated heterocycles. The van der Waals surface area contributed by atoms with Gasteiger partial charge in [0, 0.05) is 12.2 Å². The molecule has 1 N–H and O–H groups in total. The minimum absolute atomic E-state index is 0.0129. The van der Waals surface area contributed by atoms with Gasteiger partial charge in [-0.3, -0.25) is 4.79 Å². The van der Waals surface area contributed by atoms with E-state index in [9.17, 15) is 4.79 Å². The predicted molar refractivity (Wildman–Crippen MR) is 53.1 cm³/mol. The molecule has 0 saturated carbocycles. The predicted octanol–water partition coefficient (Wildman–Crippen LogP) is 1.21. The maximum absolute atomic E-state index is 11.6. The van der Waals surface area contributed by atoms with Gasteiger partial charge < -0.3 is 10.1 Å². The second-order valence-electron chi connectivity index (χ2n) is 3.40. The summed E-state index contributed by atoms with van der Waals surface area (Å²) < 4.78 is 5.18. The highest BCUT2D eigenvalue weighted by Crippen LogP contribution is 2.05. The van der Waals surface area contributed by atoms with Crippen LogP contribution in [0.4, 0.5) is 0 Å². The summed E-state index contributed by atoms with van der Waals surface area (Å²) in [7, 11) is 0. The van der Waals surface area contributed by atoms with E-state index in [1.54, 1.807) is 0 Å². The van der Waals surface area contributed by atoms with Crippen molar-refractivity contribution in [3.05, 3.63) is 35.9 Å². The monoisotopic (exact) mass is 191 g/mol. The second-order valence-corrected chi connectivity index (χ2v) is 3.40. The Hall–Kier alpha value is -1.35. The number of carbonyl (C=O) groups is 1. The van der Waals surface area contributed by atoms with Crippen LogP contribution in [0.3, 0.4) is 0 Å². The van der Waals surface area contributed by atoms with E-state index in [0.29, 0.717) is 12.2 Å². The third-order valence-corrected chi connectivity index (χ3v) is 2.30. The molecule has 0 radical (unpaired) electrons. The van der Waals surface area contributed by atoms with Crippen LogP contribution < -0.4 is 5.32 Å². The molecule has 0 spiro atoms. The number of hydrogen-bond donors (Lipinski definition) is 1. The number of amides is 1. The average Bonchev–Trinajstić information content (AvgIpc) is 2.72. The summed E-state index contributed by atoms with van der Waals surface area (Å²) in [5, 5.41) is 2.93. The molecule has 0 aromatic heterocycles. The van der Waals surface area contributed by atoms with E-state index in [0.717, 1.165) is 13.0 Å². The SMILES string of the molecule is O=C(N[C@H]1CCOC1)c1ccccc1. The summed E-state index contributed by atoms with van der Waals surface area (Å²) in [6.07, 6.45) is 0.915. The molecule has 1 amide bonds. The lowest BCUT2D eigenvalue weighted by molar-refractivity contribution is 0.0930. The molecule has 1 aliphatic heterocycles. The fraction of sp³-hybridized carbons (Fsp3) is 0.364. The molecule has 1 aromatic rings. The fourth-order valence-corrected chi connectivity index (χ4v) is 1.51. The molecule has 14 heavy (non-hydrogen) atoms. The van der Waals surface area contributed by atoms with Gasteiger partial charge in [0.25, 0.3) is 5.91 Å². The molecule has 2 rings (SSSR count). The molecule has 1 atom stereocenters. The van der Waals surface area contributed by atoms with Gasteiger partial charge >= 0.3 is 0 Å². The summed E-state index contributed by atoms with van der Waals surface area (Å²) in [4.78, 5) is 11.6. The van der Waals surface area contributed by atoms with Gasteiger partial charge in [-0.15, -0.1) is 0 Å². The maximum Gasteiger partial charge on any atom is 0.251 e. The van der Waals surface area contributed by atoms with Crippen LogP contribution in [0.5, 0.6) is 0 Å². The Balaban J connectivity index is 1.95. The second kappa shape index (κ2) is 4.24. The average molecular weight is 191 g/mol. The Morgan fingerprint density at radius 2 is 2.14 bits per heavy atom. The highest BCUT2D eigenvalue weighted by molar-refractivity contribution is 5.94. The van der Waals surface area contributed by atoms with E-state index >= 15 is 0 Å². The minimum atomic E-state index is -0.0129. The van der Waals surface area contributed by atoms with Crippen molar-refractivity contribution < 1.29 is 9.53 Å². The largest absolute Gasteiger partial charge is 0.379 e. The van der Waals surface area contributed by atoms with E-state index in [1.807, 2.05) is 30.3 Å². The number of ether oxygens (including phenoxy) is 1. The van der Waals surface area contributed by atoms with Crippen molar-refractivity contribution in [1.29, 1.82) is 0 Å². The number of rotatable bonds is 2.